The van der Waals surface area contributed by atoms with Crippen LogP contribution >= 0.6 is 0 Å². The molecule has 218 valence electrons. The van der Waals surface area contributed by atoms with Crippen molar-refractivity contribution in [2.45, 2.75) is 6.92 Å². The second kappa shape index (κ2) is 11.5. The summed E-state index contributed by atoms with van der Waals surface area (Å²) in [7, 11) is 0. The van der Waals surface area contributed by atoms with Crippen LogP contribution in [0.25, 0.3) is 76.5 Å². The van der Waals surface area contributed by atoms with Gasteiger partial charge in [0.05, 0.1) is 0 Å². The molecule has 0 radical (unpaired) electrons. The topological polar surface area (TPSA) is 26.0 Å². The highest BCUT2D eigenvalue weighted by atomic mass is 14.5. The van der Waals surface area contributed by atoms with Crippen LogP contribution in [0, 0.1) is 0 Å². The maximum absolute atomic E-state index is 6.05. The molecular weight excluding hydrogens is 555 g/mol. The number of allylic oxidation sites excluding steroid dienone is 3. The molecule has 0 atom stereocenters. The van der Waals surface area contributed by atoms with Gasteiger partial charge in [-0.15, -0.1) is 0 Å². The summed E-state index contributed by atoms with van der Waals surface area (Å²) < 4.78 is 0. The van der Waals surface area contributed by atoms with Crippen molar-refractivity contribution in [1.82, 2.24) is 0 Å². The van der Waals surface area contributed by atoms with E-state index in [-0.39, 0.29) is 0 Å². The standard InChI is InChI=1S/C45H33N/c1-30(31-13-3-2-4-14-31)35(27-28-46)38-25-26-43(37-18-8-7-17-36(37)38)45-41-21-11-9-19-39(41)44(40-20-10-12-22-42(40)45)34-24-23-32-15-5-6-16-33(32)29-34/h2-29H,46H2,1H3/b28-27-,35-30-. The summed E-state index contributed by atoms with van der Waals surface area (Å²) in [5, 5.41) is 9.94. The van der Waals surface area contributed by atoms with Crippen molar-refractivity contribution in [1.29, 1.82) is 0 Å². The Bertz CT molecular complexity index is 2420. The highest BCUT2D eigenvalue weighted by Crippen LogP contribution is 2.46. The lowest BCUT2D eigenvalue weighted by atomic mass is 9.83. The Balaban J connectivity index is 1.44. The van der Waals surface area contributed by atoms with E-state index in [4.69, 9.17) is 5.73 Å². The summed E-state index contributed by atoms with van der Waals surface area (Å²) in [6.45, 7) is 2.18. The lowest BCUT2D eigenvalue weighted by molar-refractivity contribution is 1.54. The van der Waals surface area contributed by atoms with Gasteiger partial charge in [-0.1, -0.05) is 152 Å². The minimum absolute atomic E-state index is 1.12. The minimum atomic E-state index is 1.12. The van der Waals surface area contributed by atoms with Gasteiger partial charge in [0.15, 0.2) is 0 Å². The summed E-state index contributed by atoms with van der Waals surface area (Å²) in [6, 6.07) is 57.1. The quantitative estimate of drug-likeness (QED) is 0.121. The third kappa shape index (κ3) is 4.57. The molecule has 1 nitrogen and oxygen atoms in total. The zero-order chi connectivity index (χ0) is 31.0. The molecule has 0 aliphatic heterocycles. The second-order valence-electron chi connectivity index (χ2n) is 11.9. The van der Waals surface area contributed by atoms with Gasteiger partial charge in [0.1, 0.15) is 0 Å². The SMILES string of the molecule is C/C(=C(\C=C/N)c1ccc(-c2c3ccccc3c(-c3ccc4ccccc4c3)c3ccccc23)c2ccccc12)c1ccccc1. The number of rotatable bonds is 5. The van der Waals surface area contributed by atoms with Crippen LogP contribution in [-0.4, -0.2) is 0 Å². The fourth-order valence-corrected chi connectivity index (χ4v) is 7.18. The van der Waals surface area contributed by atoms with Gasteiger partial charge in [-0.3, -0.25) is 0 Å². The van der Waals surface area contributed by atoms with Gasteiger partial charge in [-0.25, -0.2) is 0 Å². The van der Waals surface area contributed by atoms with Crippen molar-refractivity contribution in [2.24, 2.45) is 5.73 Å². The van der Waals surface area contributed by atoms with E-state index in [1.807, 2.05) is 6.08 Å². The molecular formula is C45H33N. The molecule has 8 aromatic rings. The summed E-state index contributed by atoms with van der Waals surface area (Å²) in [4.78, 5) is 0. The Morgan fingerprint density at radius 2 is 1.02 bits per heavy atom. The Morgan fingerprint density at radius 3 is 1.67 bits per heavy atom. The van der Waals surface area contributed by atoms with Crippen molar-refractivity contribution in [2.75, 3.05) is 0 Å². The van der Waals surface area contributed by atoms with E-state index in [0.717, 1.165) is 5.57 Å². The number of nitrogens with two attached hydrogens (primary N) is 1. The minimum Gasteiger partial charge on any atom is -0.405 e. The van der Waals surface area contributed by atoms with Gasteiger partial charge in [0, 0.05) is 0 Å². The molecule has 0 amide bonds. The van der Waals surface area contributed by atoms with Gasteiger partial charge in [-0.05, 0) is 113 Å². The maximum Gasteiger partial charge on any atom is -0.00201 e. The first-order valence-corrected chi connectivity index (χ1v) is 15.8. The van der Waals surface area contributed by atoms with Crippen LogP contribution < -0.4 is 5.73 Å². The number of benzene rings is 8. The van der Waals surface area contributed by atoms with Gasteiger partial charge in [0.25, 0.3) is 0 Å². The second-order valence-corrected chi connectivity index (χ2v) is 11.9. The monoisotopic (exact) mass is 587 g/mol. The largest absolute Gasteiger partial charge is 0.405 e. The van der Waals surface area contributed by atoms with Gasteiger partial charge >= 0.3 is 0 Å². The first kappa shape index (κ1) is 27.6. The van der Waals surface area contributed by atoms with Crippen LogP contribution in [-0.2, 0) is 0 Å². The number of fused-ring (bicyclic) bond motifs is 4. The van der Waals surface area contributed by atoms with Gasteiger partial charge in [-0.2, -0.15) is 0 Å². The molecule has 0 aliphatic rings. The van der Waals surface area contributed by atoms with Crippen LogP contribution in [0.5, 0.6) is 0 Å². The van der Waals surface area contributed by atoms with E-state index in [1.54, 1.807) is 6.20 Å². The summed E-state index contributed by atoms with van der Waals surface area (Å²) >= 11 is 0. The highest BCUT2D eigenvalue weighted by Gasteiger charge is 2.19. The highest BCUT2D eigenvalue weighted by molar-refractivity contribution is 6.24. The molecule has 1 heteroatoms. The number of hydrogen-bond acceptors (Lipinski definition) is 1. The molecule has 0 fully saturated rings. The van der Waals surface area contributed by atoms with Crippen LogP contribution in [0.2, 0.25) is 0 Å². The molecule has 0 heterocycles. The van der Waals surface area contributed by atoms with Crippen molar-refractivity contribution in [3.05, 3.63) is 181 Å². The first-order valence-electron chi connectivity index (χ1n) is 15.8. The van der Waals surface area contributed by atoms with Crippen molar-refractivity contribution < 1.29 is 0 Å². The predicted octanol–water partition coefficient (Wildman–Crippen LogP) is 12.0. The molecule has 0 saturated heterocycles. The third-order valence-corrected chi connectivity index (χ3v) is 9.33. The normalized spacial score (nSPS) is 12.4. The zero-order valence-corrected chi connectivity index (χ0v) is 25.7. The van der Waals surface area contributed by atoms with Crippen molar-refractivity contribution >= 4 is 54.2 Å². The molecule has 2 N–H and O–H groups in total. The summed E-state index contributed by atoms with van der Waals surface area (Å²) in [5.74, 6) is 0. The Morgan fingerprint density at radius 1 is 0.478 bits per heavy atom. The fraction of sp³-hybridized carbons (Fsp3) is 0.0222. The van der Waals surface area contributed by atoms with Crippen LogP contribution in [0.3, 0.4) is 0 Å². The van der Waals surface area contributed by atoms with Crippen LogP contribution in [0.1, 0.15) is 18.1 Å². The molecule has 0 bridgehead atoms. The zero-order valence-electron chi connectivity index (χ0n) is 25.7. The smallest absolute Gasteiger partial charge is 0.00201 e. The Labute approximate surface area is 269 Å². The van der Waals surface area contributed by atoms with Gasteiger partial charge in [0.2, 0.25) is 0 Å². The van der Waals surface area contributed by atoms with E-state index in [9.17, 15) is 0 Å². The van der Waals surface area contributed by atoms with Crippen LogP contribution in [0.15, 0.2) is 170 Å². The molecule has 0 aromatic heterocycles. The predicted molar refractivity (Wildman–Crippen MR) is 200 cm³/mol. The molecule has 46 heavy (non-hydrogen) atoms. The molecule has 0 saturated carbocycles. The molecule has 0 spiro atoms. The fourth-order valence-electron chi connectivity index (χ4n) is 7.18. The Hall–Kier alpha value is -5.92. The molecule has 0 aliphatic carbocycles. The van der Waals surface area contributed by atoms with Crippen molar-refractivity contribution in [3.8, 4) is 22.3 Å². The van der Waals surface area contributed by atoms with Gasteiger partial charge < -0.3 is 5.73 Å². The lowest BCUT2D eigenvalue weighted by Crippen LogP contribution is -1.95. The molecule has 0 unspecified atom stereocenters. The average molecular weight is 588 g/mol. The van der Waals surface area contributed by atoms with E-state index in [1.165, 1.54) is 82.0 Å². The maximum atomic E-state index is 6.05. The van der Waals surface area contributed by atoms with E-state index in [0.29, 0.717) is 0 Å². The molecule has 8 rings (SSSR count). The van der Waals surface area contributed by atoms with Crippen LogP contribution in [0.4, 0.5) is 0 Å². The Kier molecular flexibility index (Phi) is 6.93. The first-order chi connectivity index (χ1) is 22.7. The molecule has 8 aromatic carbocycles. The van der Waals surface area contributed by atoms with Crippen molar-refractivity contribution in [3.63, 3.8) is 0 Å². The van der Waals surface area contributed by atoms with E-state index in [2.05, 4.69) is 165 Å². The van der Waals surface area contributed by atoms with E-state index < -0.39 is 0 Å². The van der Waals surface area contributed by atoms with E-state index >= 15 is 0 Å². The summed E-state index contributed by atoms with van der Waals surface area (Å²) in [5.41, 5.74) is 15.7. The lowest BCUT2D eigenvalue weighted by Gasteiger charge is -2.20. The third-order valence-electron chi connectivity index (χ3n) is 9.33. The number of hydrogen-bond donors (Lipinski definition) is 1. The summed E-state index contributed by atoms with van der Waals surface area (Å²) in [6.07, 6.45) is 3.68. The average Bonchev–Trinajstić information content (AvgIpc) is 3.12.